The standard InChI is InChI=1S/C23H12ClF3N4O2/c24-14-3-1-12(2-4-14)19-16-9-13(23(25,26)27)11-30-20(16)22(33)31(21(19)32)15-5-6-17-18(10-15)29-8-7-28-17/h1-11,19H. The fourth-order valence-electron chi connectivity index (χ4n) is 3.82. The Labute approximate surface area is 189 Å². The van der Waals surface area contributed by atoms with E-state index in [0.717, 1.165) is 11.0 Å². The predicted molar refractivity (Wildman–Crippen MR) is 114 cm³/mol. The molecule has 0 bridgehead atoms. The van der Waals surface area contributed by atoms with Crippen LogP contribution >= 0.6 is 11.6 Å². The molecule has 0 radical (unpaired) electrons. The number of amides is 2. The van der Waals surface area contributed by atoms with E-state index in [-0.39, 0.29) is 16.9 Å². The maximum atomic E-state index is 13.6. The molecule has 0 N–H and O–H groups in total. The Morgan fingerprint density at radius 3 is 2.27 bits per heavy atom. The second-order valence-corrected chi connectivity index (χ2v) is 7.79. The molecule has 1 atom stereocenters. The van der Waals surface area contributed by atoms with E-state index in [0.29, 0.717) is 27.8 Å². The molecule has 1 aliphatic heterocycles. The van der Waals surface area contributed by atoms with Crippen LogP contribution in [0.2, 0.25) is 5.02 Å². The molecule has 0 saturated heterocycles. The van der Waals surface area contributed by atoms with Crippen LogP contribution in [0, 0.1) is 0 Å². The quantitative estimate of drug-likeness (QED) is 0.386. The highest BCUT2D eigenvalue weighted by Gasteiger charge is 2.43. The number of aromatic nitrogens is 3. The molecule has 4 aromatic rings. The smallest absolute Gasteiger partial charge is 0.273 e. The molecule has 3 heterocycles. The lowest BCUT2D eigenvalue weighted by Gasteiger charge is -2.32. The van der Waals surface area contributed by atoms with E-state index < -0.39 is 29.5 Å². The van der Waals surface area contributed by atoms with Crippen LogP contribution in [0.25, 0.3) is 11.0 Å². The molecule has 6 nitrogen and oxygen atoms in total. The van der Waals surface area contributed by atoms with E-state index in [1.54, 1.807) is 6.07 Å². The molecule has 10 heteroatoms. The Bertz CT molecular complexity index is 1420. The molecule has 33 heavy (non-hydrogen) atoms. The second kappa shape index (κ2) is 7.63. The van der Waals surface area contributed by atoms with Gasteiger partial charge in [0.25, 0.3) is 5.91 Å². The van der Waals surface area contributed by atoms with Gasteiger partial charge >= 0.3 is 6.18 Å². The van der Waals surface area contributed by atoms with Crippen LogP contribution in [0.4, 0.5) is 18.9 Å². The summed E-state index contributed by atoms with van der Waals surface area (Å²) in [7, 11) is 0. The molecule has 2 amide bonds. The third kappa shape index (κ3) is 3.60. The average Bonchev–Trinajstić information content (AvgIpc) is 2.79. The van der Waals surface area contributed by atoms with Gasteiger partial charge in [0, 0.05) is 29.2 Å². The SMILES string of the molecule is O=C1c2ncc(C(F)(F)F)cc2C(c2ccc(Cl)cc2)C(=O)N1c1ccc2nccnc2c1. The van der Waals surface area contributed by atoms with Crippen molar-refractivity contribution < 1.29 is 22.8 Å². The van der Waals surface area contributed by atoms with Crippen molar-refractivity contribution >= 4 is 40.1 Å². The first-order chi connectivity index (χ1) is 15.7. The van der Waals surface area contributed by atoms with Crippen molar-refractivity contribution in [3.05, 3.63) is 94.5 Å². The van der Waals surface area contributed by atoms with Crippen molar-refractivity contribution in [2.24, 2.45) is 0 Å². The summed E-state index contributed by atoms with van der Waals surface area (Å²) in [6.45, 7) is 0. The number of benzene rings is 2. The highest BCUT2D eigenvalue weighted by atomic mass is 35.5. The van der Waals surface area contributed by atoms with Crippen LogP contribution in [0.5, 0.6) is 0 Å². The second-order valence-electron chi connectivity index (χ2n) is 7.35. The largest absolute Gasteiger partial charge is 0.417 e. The number of carbonyl (C=O) groups excluding carboxylic acids is 2. The van der Waals surface area contributed by atoms with Gasteiger partial charge < -0.3 is 0 Å². The number of nitrogens with zero attached hydrogens (tertiary/aromatic N) is 4. The van der Waals surface area contributed by atoms with Crippen molar-refractivity contribution in [1.29, 1.82) is 0 Å². The number of hydrogen-bond donors (Lipinski definition) is 0. The molecule has 164 valence electrons. The maximum Gasteiger partial charge on any atom is 0.417 e. The summed E-state index contributed by atoms with van der Waals surface area (Å²) in [5.41, 5.74) is 0.204. The van der Waals surface area contributed by atoms with Crippen LogP contribution in [0.3, 0.4) is 0 Å². The van der Waals surface area contributed by atoms with Crippen molar-refractivity contribution in [3.63, 3.8) is 0 Å². The summed E-state index contributed by atoms with van der Waals surface area (Å²) in [5, 5.41) is 0.394. The number of imide groups is 1. The van der Waals surface area contributed by atoms with Crippen LogP contribution in [-0.4, -0.2) is 26.8 Å². The number of carbonyl (C=O) groups is 2. The molecule has 0 aliphatic carbocycles. The minimum atomic E-state index is -4.69. The van der Waals surface area contributed by atoms with Gasteiger partial charge in [0.15, 0.2) is 0 Å². The first-order valence-corrected chi connectivity index (χ1v) is 10.0. The van der Waals surface area contributed by atoms with Crippen LogP contribution < -0.4 is 4.90 Å². The zero-order valence-corrected chi connectivity index (χ0v) is 17.3. The topological polar surface area (TPSA) is 76.1 Å². The minimum absolute atomic E-state index is 0.112. The summed E-state index contributed by atoms with van der Waals surface area (Å²) in [5.74, 6) is -2.72. The average molecular weight is 469 g/mol. The first-order valence-electron chi connectivity index (χ1n) is 9.66. The number of alkyl halides is 3. The zero-order chi connectivity index (χ0) is 23.3. The van der Waals surface area contributed by atoms with Crippen molar-refractivity contribution in [2.75, 3.05) is 4.90 Å². The highest BCUT2D eigenvalue weighted by molar-refractivity contribution is 6.30. The summed E-state index contributed by atoms with van der Waals surface area (Å²) in [4.78, 5) is 39.9. The predicted octanol–water partition coefficient (Wildman–Crippen LogP) is 5.02. The van der Waals surface area contributed by atoms with Gasteiger partial charge in [0.1, 0.15) is 5.69 Å². The van der Waals surface area contributed by atoms with E-state index >= 15 is 0 Å². The summed E-state index contributed by atoms with van der Waals surface area (Å²) in [6.07, 6.45) is -1.12. The Morgan fingerprint density at radius 2 is 1.58 bits per heavy atom. The van der Waals surface area contributed by atoms with E-state index in [4.69, 9.17) is 11.6 Å². The van der Waals surface area contributed by atoms with Gasteiger partial charge in [0.2, 0.25) is 5.91 Å². The number of hydrogen-bond acceptors (Lipinski definition) is 5. The van der Waals surface area contributed by atoms with Crippen molar-refractivity contribution in [2.45, 2.75) is 12.1 Å². The molecular formula is C23H12ClF3N4O2. The van der Waals surface area contributed by atoms with Crippen LogP contribution in [0.15, 0.2) is 67.1 Å². The Hall–Kier alpha value is -3.85. The Morgan fingerprint density at radius 1 is 0.879 bits per heavy atom. The van der Waals surface area contributed by atoms with E-state index in [1.165, 1.54) is 48.8 Å². The van der Waals surface area contributed by atoms with E-state index in [1.807, 2.05) is 0 Å². The third-order valence-corrected chi connectivity index (χ3v) is 5.59. The van der Waals surface area contributed by atoms with Gasteiger partial charge in [0.05, 0.1) is 28.2 Å². The third-order valence-electron chi connectivity index (χ3n) is 5.34. The summed E-state index contributed by atoms with van der Waals surface area (Å²) < 4.78 is 40.1. The molecule has 2 aromatic heterocycles. The summed E-state index contributed by atoms with van der Waals surface area (Å²) >= 11 is 5.95. The van der Waals surface area contributed by atoms with Crippen LogP contribution in [-0.2, 0) is 11.0 Å². The normalized spacial score (nSPS) is 16.2. The molecular weight excluding hydrogens is 457 g/mol. The molecule has 0 spiro atoms. The summed E-state index contributed by atoms with van der Waals surface area (Å²) in [6, 6.07) is 11.6. The fourth-order valence-corrected chi connectivity index (χ4v) is 3.94. The number of halogens is 4. The monoisotopic (exact) mass is 468 g/mol. The maximum absolute atomic E-state index is 13.6. The van der Waals surface area contributed by atoms with E-state index in [2.05, 4.69) is 15.0 Å². The molecule has 0 saturated carbocycles. The van der Waals surface area contributed by atoms with Gasteiger partial charge in [-0.2, -0.15) is 13.2 Å². The van der Waals surface area contributed by atoms with Crippen LogP contribution in [0.1, 0.15) is 33.1 Å². The Kier molecular flexibility index (Phi) is 4.86. The molecule has 2 aromatic carbocycles. The Balaban J connectivity index is 1.71. The van der Waals surface area contributed by atoms with E-state index in [9.17, 15) is 22.8 Å². The van der Waals surface area contributed by atoms with Gasteiger partial charge in [-0.15, -0.1) is 0 Å². The van der Waals surface area contributed by atoms with Crippen molar-refractivity contribution in [3.8, 4) is 0 Å². The lowest BCUT2D eigenvalue weighted by molar-refractivity contribution is -0.138. The molecule has 1 unspecified atom stereocenters. The number of fused-ring (bicyclic) bond motifs is 2. The molecule has 1 aliphatic rings. The lowest BCUT2D eigenvalue weighted by atomic mass is 9.84. The van der Waals surface area contributed by atoms with Crippen molar-refractivity contribution in [1.82, 2.24) is 15.0 Å². The molecule has 5 rings (SSSR count). The van der Waals surface area contributed by atoms with Gasteiger partial charge in [-0.25, -0.2) is 4.90 Å². The minimum Gasteiger partial charge on any atom is -0.273 e. The van der Waals surface area contributed by atoms with Gasteiger partial charge in [-0.3, -0.25) is 24.5 Å². The number of anilines is 1. The van der Waals surface area contributed by atoms with Gasteiger partial charge in [-0.05, 0) is 42.0 Å². The molecule has 0 fully saturated rings. The lowest BCUT2D eigenvalue weighted by Crippen LogP contribution is -2.46. The fraction of sp³-hybridized carbons (Fsp3) is 0.0870. The number of pyridine rings is 1. The first kappa shape index (κ1) is 21.0. The zero-order valence-electron chi connectivity index (χ0n) is 16.5. The number of rotatable bonds is 2. The highest BCUT2D eigenvalue weighted by Crippen LogP contribution is 2.39. The van der Waals surface area contributed by atoms with Gasteiger partial charge in [-0.1, -0.05) is 23.7 Å².